The van der Waals surface area contributed by atoms with E-state index >= 15 is 0 Å². The second kappa shape index (κ2) is 4.17. The molecular weight excluding hydrogens is 203 g/mol. The van der Waals surface area contributed by atoms with E-state index in [9.17, 15) is 9.90 Å². The molecule has 4 saturated carbocycles. The molecule has 0 aromatic heterocycles. The van der Waals surface area contributed by atoms with Gasteiger partial charge in [-0.15, -0.1) is 0 Å². The summed E-state index contributed by atoms with van der Waals surface area (Å²) in [4.78, 5) is 11.0. The number of carboxylic acid groups (broad SMARTS) is 1. The van der Waals surface area contributed by atoms with Gasteiger partial charge >= 0.3 is 51.4 Å². The van der Waals surface area contributed by atoms with Crippen LogP contribution in [0, 0.1) is 29.6 Å². The van der Waals surface area contributed by atoms with Gasteiger partial charge in [-0.3, -0.25) is 0 Å². The van der Waals surface area contributed by atoms with E-state index in [0.717, 1.165) is 11.8 Å². The Balaban J connectivity index is 0.000000750. The molecule has 0 aromatic rings. The molecule has 3 heteroatoms. The molecule has 4 aliphatic rings. The molecule has 0 N–H and O–H groups in total. The van der Waals surface area contributed by atoms with Gasteiger partial charge in [0.1, 0.15) is 0 Å². The molecule has 72 valence electrons. The number of hydrogen-bond acceptors (Lipinski definition) is 2. The summed E-state index contributed by atoms with van der Waals surface area (Å²) in [6, 6.07) is 0. The minimum atomic E-state index is -0.770. The van der Waals surface area contributed by atoms with Crippen molar-refractivity contribution in [2.24, 2.45) is 29.6 Å². The molecule has 4 bridgehead atoms. The predicted molar refractivity (Wildman–Crippen MR) is 45.5 cm³/mol. The molecule has 0 radical (unpaired) electrons. The van der Waals surface area contributed by atoms with Crippen LogP contribution in [0.25, 0.3) is 0 Å². The Hall–Kier alpha value is 1.11. The number of carbonyl (C=O) groups is 1. The predicted octanol–water partition coefficient (Wildman–Crippen LogP) is -2.19. The van der Waals surface area contributed by atoms with Crippen LogP contribution in [-0.4, -0.2) is 5.97 Å². The Morgan fingerprint density at radius 2 is 1.36 bits per heavy atom. The molecule has 4 rings (SSSR count). The van der Waals surface area contributed by atoms with Crippen molar-refractivity contribution in [3.05, 3.63) is 0 Å². The molecule has 0 unspecified atom stereocenters. The van der Waals surface area contributed by atoms with Gasteiger partial charge in [-0.25, -0.2) is 0 Å². The molecule has 14 heavy (non-hydrogen) atoms. The topological polar surface area (TPSA) is 40.1 Å². The van der Waals surface area contributed by atoms with Gasteiger partial charge in [-0.05, 0) is 55.8 Å². The molecule has 0 heterocycles. The van der Waals surface area contributed by atoms with Crippen molar-refractivity contribution in [3.63, 3.8) is 0 Å². The smallest absolute Gasteiger partial charge is 0.550 e. The van der Waals surface area contributed by atoms with Crippen LogP contribution < -0.4 is 56.5 Å². The summed E-state index contributed by atoms with van der Waals surface area (Å²) < 4.78 is 0. The van der Waals surface area contributed by atoms with Gasteiger partial charge in [0.25, 0.3) is 0 Å². The quantitative estimate of drug-likeness (QED) is 0.469. The first-order chi connectivity index (χ1) is 6.24. The van der Waals surface area contributed by atoms with Crippen molar-refractivity contribution < 1.29 is 61.3 Å². The van der Waals surface area contributed by atoms with Gasteiger partial charge in [0, 0.05) is 11.9 Å². The number of aliphatic carboxylic acids is 1. The third-order valence-corrected chi connectivity index (χ3v) is 4.50. The van der Waals surface area contributed by atoms with Crippen LogP contribution in [0.2, 0.25) is 0 Å². The molecule has 0 aliphatic heterocycles. The van der Waals surface area contributed by atoms with Gasteiger partial charge in [0.05, 0.1) is 0 Å². The van der Waals surface area contributed by atoms with E-state index < -0.39 is 5.97 Å². The van der Waals surface area contributed by atoms with Gasteiger partial charge in [-0.1, -0.05) is 0 Å². The first kappa shape index (κ1) is 11.6. The first-order valence-corrected chi connectivity index (χ1v) is 5.45. The number of rotatable bonds is 1. The largest absolute Gasteiger partial charge is 1.00 e. The number of hydrogen-bond donors (Lipinski definition) is 0. The summed E-state index contributed by atoms with van der Waals surface area (Å²) in [6.45, 7) is 0. The van der Waals surface area contributed by atoms with Crippen LogP contribution in [0.4, 0.5) is 0 Å². The fourth-order valence-corrected chi connectivity index (χ4v) is 4.31. The minimum Gasteiger partial charge on any atom is -0.550 e. The average Bonchev–Trinajstić information content (AvgIpc) is 2.00. The molecule has 4 fully saturated rings. The van der Waals surface area contributed by atoms with E-state index in [1.54, 1.807) is 0 Å². The van der Waals surface area contributed by atoms with Crippen molar-refractivity contribution in [1.29, 1.82) is 0 Å². The van der Waals surface area contributed by atoms with Gasteiger partial charge in [-0.2, -0.15) is 0 Å². The second-order valence-corrected chi connectivity index (χ2v) is 5.28. The molecule has 0 spiro atoms. The normalized spacial score (nSPS) is 48.7. The Morgan fingerprint density at radius 3 is 1.71 bits per heavy atom. The zero-order chi connectivity index (χ0) is 9.00. The molecule has 0 aromatic carbocycles. The van der Waals surface area contributed by atoms with Crippen LogP contribution in [-0.2, 0) is 4.79 Å². The summed E-state index contributed by atoms with van der Waals surface area (Å²) in [7, 11) is 0. The summed E-state index contributed by atoms with van der Waals surface area (Å²) in [6.07, 6.45) is 6.07. The molecule has 4 aliphatic carbocycles. The van der Waals surface area contributed by atoms with Crippen LogP contribution in [0.15, 0.2) is 0 Å². The fraction of sp³-hybridized carbons (Fsp3) is 0.909. The van der Waals surface area contributed by atoms with Gasteiger partial charge < -0.3 is 9.90 Å². The molecule has 0 amide bonds. The molecule has 0 atom stereocenters. The van der Waals surface area contributed by atoms with Gasteiger partial charge in [0.2, 0.25) is 0 Å². The minimum absolute atomic E-state index is 0. The van der Waals surface area contributed by atoms with E-state index in [4.69, 9.17) is 0 Å². The number of carboxylic acids is 1. The SMILES string of the molecule is O=C([O-])C1C2CC3CC(C2)CC1C3.[K+]. The third-order valence-electron chi connectivity index (χ3n) is 4.50. The zero-order valence-corrected chi connectivity index (χ0v) is 11.9. The van der Waals surface area contributed by atoms with Crippen LogP contribution in [0.3, 0.4) is 0 Å². The van der Waals surface area contributed by atoms with E-state index in [-0.39, 0.29) is 57.3 Å². The first-order valence-electron chi connectivity index (χ1n) is 5.45. The van der Waals surface area contributed by atoms with E-state index in [0.29, 0.717) is 11.8 Å². The summed E-state index contributed by atoms with van der Waals surface area (Å²) in [5.74, 6) is 1.81. The summed E-state index contributed by atoms with van der Waals surface area (Å²) >= 11 is 0. The summed E-state index contributed by atoms with van der Waals surface area (Å²) in [5.41, 5.74) is 0. The number of carbonyl (C=O) groups excluding carboxylic acids is 1. The van der Waals surface area contributed by atoms with Crippen LogP contribution in [0.1, 0.15) is 32.1 Å². The van der Waals surface area contributed by atoms with E-state index in [2.05, 4.69) is 0 Å². The molecule has 2 nitrogen and oxygen atoms in total. The van der Waals surface area contributed by atoms with Crippen LogP contribution in [0.5, 0.6) is 0 Å². The Morgan fingerprint density at radius 1 is 0.929 bits per heavy atom. The maximum atomic E-state index is 11.0. The standard InChI is InChI=1S/C11H16O2.K/c12-11(13)10-8-2-6-1-7(4-8)5-9(10)3-6;/h6-10H,1-5H2,(H,12,13);/q;+1/p-1. The maximum absolute atomic E-state index is 11.0. The Bertz CT molecular complexity index is 224. The van der Waals surface area contributed by atoms with Crippen molar-refractivity contribution in [3.8, 4) is 0 Å². The van der Waals surface area contributed by atoms with Crippen molar-refractivity contribution in [2.75, 3.05) is 0 Å². The Kier molecular flexibility index (Phi) is 3.45. The van der Waals surface area contributed by atoms with Crippen molar-refractivity contribution in [1.82, 2.24) is 0 Å². The third kappa shape index (κ3) is 1.75. The average molecular weight is 218 g/mol. The van der Waals surface area contributed by atoms with Crippen LogP contribution >= 0.6 is 0 Å². The van der Waals surface area contributed by atoms with Crippen molar-refractivity contribution >= 4 is 5.97 Å². The summed E-state index contributed by atoms with van der Waals surface area (Å²) in [5, 5.41) is 11.0. The monoisotopic (exact) mass is 218 g/mol. The Labute approximate surface area is 127 Å². The van der Waals surface area contributed by atoms with E-state index in [1.807, 2.05) is 0 Å². The van der Waals surface area contributed by atoms with E-state index in [1.165, 1.54) is 32.1 Å². The molecular formula is C11H15KO2. The van der Waals surface area contributed by atoms with Gasteiger partial charge in [0.15, 0.2) is 0 Å². The zero-order valence-electron chi connectivity index (χ0n) is 8.74. The maximum Gasteiger partial charge on any atom is 1.00 e. The fourth-order valence-electron chi connectivity index (χ4n) is 4.31. The second-order valence-electron chi connectivity index (χ2n) is 5.28. The van der Waals surface area contributed by atoms with Crippen molar-refractivity contribution in [2.45, 2.75) is 32.1 Å². The molecule has 0 saturated heterocycles.